The fourth-order valence-electron chi connectivity index (χ4n) is 2.46. The van der Waals surface area contributed by atoms with Gasteiger partial charge in [0.15, 0.2) is 0 Å². The normalized spacial score (nSPS) is 11.0. The van der Waals surface area contributed by atoms with Gasteiger partial charge in [-0.05, 0) is 41.5 Å². The number of nitrogens with zero attached hydrogens (tertiary/aromatic N) is 1. The van der Waals surface area contributed by atoms with Crippen LogP contribution in [0.1, 0.15) is 5.69 Å². The molecular formula is C18H9Cl6NO. The van der Waals surface area contributed by atoms with E-state index in [9.17, 15) is 5.11 Å². The van der Waals surface area contributed by atoms with E-state index in [-0.39, 0.29) is 16.7 Å². The van der Waals surface area contributed by atoms with E-state index in [2.05, 4.69) is 4.98 Å². The van der Waals surface area contributed by atoms with Crippen LogP contribution in [0.2, 0.25) is 30.1 Å². The van der Waals surface area contributed by atoms with Crippen molar-refractivity contribution in [1.82, 2.24) is 4.98 Å². The highest BCUT2D eigenvalue weighted by molar-refractivity contribution is 6.49. The largest absolute Gasteiger partial charge is 0.390 e. The molecule has 0 bridgehead atoms. The smallest absolute Gasteiger partial charge is 0.0859 e. The number of rotatable bonds is 3. The predicted octanol–water partition coefficient (Wildman–Crippen LogP) is 7.83. The van der Waals surface area contributed by atoms with E-state index >= 15 is 0 Å². The van der Waals surface area contributed by atoms with Crippen molar-refractivity contribution in [3.05, 3.63) is 72.4 Å². The van der Waals surface area contributed by atoms with E-state index in [4.69, 9.17) is 69.6 Å². The first-order chi connectivity index (χ1) is 12.3. The molecule has 0 aliphatic carbocycles. The second-order valence-corrected chi connectivity index (χ2v) is 7.77. The number of halogens is 6. The molecule has 3 rings (SSSR count). The van der Waals surface area contributed by atoms with Gasteiger partial charge in [-0.1, -0.05) is 69.6 Å². The van der Waals surface area contributed by atoms with Crippen molar-refractivity contribution >= 4 is 69.6 Å². The van der Waals surface area contributed by atoms with Gasteiger partial charge in [0.1, 0.15) is 0 Å². The minimum atomic E-state index is -0.254. The first kappa shape index (κ1) is 20.0. The van der Waals surface area contributed by atoms with Crippen molar-refractivity contribution in [1.29, 1.82) is 0 Å². The van der Waals surface area contributed by atoms with Gasteiger partial charge in [0, 0.05) is 17.3 Å². The highest BCUT2D eigenvalue weighted by Crippen LogP contribution is 2.39. The molecule has 0 unspecified atom stereocenters. The molecular weight excluding hydrogens is 459 g/mol. The lowest BCUT2D eigenvalue weighted by Crippen LogP contribution is -1.96. The van der Waals surface area contributed by atoms with Crippen LogP contribution < -0.4 is 0 Å². The molecule has 0 saturated carbocycles. The van der Waals surface area contributed by atoms with Crippen molar-refractivity contribution in [2.45, 2.75) is 6.61 Å². The number of hydrogen-bond acceptors (Lipinski definition) is 2. The van der Waals surface area contributed by atoms with Crippen molar-refractivity contribution < 1.29 is 5.11 Å². The van der Waals surface area contributed by atoms with Gasteiger partial charge in [-0.15, -0.1) is 0 Å². The fraction of sp³-hybridized carbons (Fsp3) is 0.0556. The molecule has 0 atom stereocenters. The Kier molecular flexibility index (Phi) is 6.25. The van der Waals surface area contributed by atoms with Crippen molar-refractivity contribution in [2.24, 2.45) is 0 Å². The van der Waals surface area contributed by atoms with E-state index in [1.54, 1.807) is 30.5 Å². The van der Waals surface area contributed by atoms with E-state index in [0.29, 0.717) is 36.9 Å². The Morgan fingerprint density at radius 3 is 1.58 bits per heavy atom. The van der Waals surface area contributed by atoms with Crippen LogP contribution in [-0.2, 0) is 6.61 Å². The molecule has 0 amide bonds. The lowest BCUT2D eigenvalue weighted by molar-refractivity contribution is 0.277. The van der Waals surface area contributed by atoms with Crippen LogP contribution in [0.3, 0.4) is 0 Å². The summed E-state index contributed by atoms with van der Waals surface area (Å²) in [6.07, 6.45) is 1.62. The van der Waals surface area contributed by atoms with Gasteiger partial charge >= 0.3 is 0 Å². The van der Waals surface area contributed by atoms with E-state index in [1.807, 2.05) is 6.07 Å². The lowest BCUT2D eigenvalue weighted by Gasteiger charge is -2.12. The number of aliphatic hydroxyl groups excluding tert-OH is 1. The molecule has 0 radical (unpaired) electrons. The number of pyridine rings is 1. The van der Waals surface area contributed by atoms with E-state index in [0.717, 1.165) is 11.1 Å². The summed E-state index contributed by atoms with van der Waals surface area (Å²) in [4.78, 5) is 4.33. The SMILES string of the molecule is OCc1ncc(-c2cc(Cl)c(Cl)c(Cl)c2)cc1-c1cc(Cl)c(Cl)c(Cl)c1. The maximum atomic E-state index is 9.64. The van der Waals surface area contributed by atoms with Crippen LogP contribution in [0, 0.1) is 0 Å². The average molecular weight is 468 g/mol. The summed E-state index contributed by atoms with van der Waals surface area (Å²) < 4.78 is 0. The van der Waals surface area contributed by atoms with Crippen LogP contribution in [0.5, 0.6) is 0 Å². The molecule has 0 fully saturated rings. The second kappa shape index (κ2) is 8.12. The summed E-state index contributed by atoms with van der Waals surface area (Å²) in [5.74, 6) is 0. The second-order valence-electron chi connectivity index (χ2n) is 5.38. The Hall–Kier alpha value is -0.710. The third-order valence-electron chi connectivity index (χ3n) is 3.73. The summed E-state index contributed by atoms with van der Waals surface area (Å²) in [6, 6.07) is 8.55. The molecule has 26 heavy (non-hydrogen) atoms. The summed E-state index contributed by atoms with van der Waals surface area (Å²) >= 11 is 36.5. The minimum absolute atomic E-state index is 0.254. The van der Waals surface area contributed by atoms with Gasteiger partial charge in [0.25, 0.3) is 0 Å². The maximum Gasteiger partial charge on any atom is 0.0859 e. The van der Waals surface area contributed by atoms with Gasteiger partial charge in [-0.25, -0.2) is 0 Å². The van der Waals surface area contributed by atoms with E-state index < -0.39 is 0 Å². The third-order valence-corrected chi connectivity index (χ3v) is 6.13. The number of aliphatic hydroxyl groups is 1. The lowest BCUT2D eigenvalue weighted by atomic mass is 9.99. The Balaban J connectivity index is 2.20. The minimum Gasteiger partial charge on any atom is -0.390 e. The summed E-state index contributed by atoms with van der Waals surface area (Å²) in [6.45, 7) is -0.254. The van der Waals surface area contributed by atoms with Gasteiger partial charge in [-0.2, -0.15) is 0 Å². The summed E-state index contributed by atoms with van der Waals surface area (Å²) in [5.41, 5.74) is 3.27. The van der Waals surface area contributed by atoms with E-state index in [1.165, 1.54) is 0 Å². The van der Waals surface area contributed by atoms with Gasteiger partial charge in [0.05, 0.1) is 42.4 Å². The Bertz CT molecular complexity index is 959. The molecule has 1 aromatic heterocycles. The highest BCUT2D eigenvalue weighted by Gasteiger charge is 2.14. The van der Waals surface area contributed by atoms with Crippen LogP contribution in [0.4, 0.5) is 0 Å². The van der Waals surface area contributed by atoms with Crippen molar-refractivity contribution in [3.8, 4) is 22.3 Å². The zero-order valence-electron chi connectivity index (χ0n) is 12.8. The molecule has 8 heteroatoms. The molecule has 3 aromatic rings. The first-order valence-corrected chi connectivity index (χ1v) is 9.48. The first-order valence-electron chi connectivity index (χ1n) is 7.21. The number of aromatic nitrogens is 1. The molecule has 134 valence electrons. The predicted molar refractivity (Wildman–Crippen MR) is 111 cm³/mol. The molecule has 0 spiro atoms. The molecule has 0 saturated heterocycles. The van der Waals surface area contributed by atoms with Crippen LogP contribution in [-0.4, -0.2) is 10.1 Å². The number of benzene rings is 2. The molecule has 1 heterocycles. The average Bonchev–Trinajstić information content (AvgIpc) is 2.62. The monoisotopic (exact) mass is 465 g/mol. The quantitative estimate of drug-likeness (QED) is 0.398. The molecule has 0 aliphatic rings. The van der Waals surface area contributed by atoms with Gasteiger partial charge < -0.3 is 5.11 Å². The highest BCUT2D eigenvalue weighted by atomic mass is 35.5. The zero-order chi connectivity index (χ0) is 19.0. The molecule has 2 aromatic carbocycles. The summed E-state index contributed by atoms with van der Waals surface area (Å²) in [5, 5.41) is 11.5. The van der Waals surface area contributed by atoms with Crippen molar-refractivity contribution in [3.63, 3.8) is 0 Å². The van der Waals surface area contributed by atoms with Gasteiger partial charge in [0.2, 0.25) is 0 Å². The van der Waals surface area contributed by atoms with Gasteiger partial charge in [-0.3, -0.25) is 4.98 Å². The van der Waals surface area contributed by atoms with Crippen LogP contribution in [0.15, 0.2) is 36.5 Å². The maximum absolute atomic E-state index is 9.64. The Morgan fingerprint density at radius 1 is 0.654 bits per heavy atom. The van der Waals surface area contributed by atoms with Crippen LogP contribution in [0.25, 0.3) is 22.3 Å². The zero-order valence-corrected chi connectivity index (χ0v) is 17.4. The Morgan fingerprint density at radius 2 is 1.12 bits per heavy atom. The molecule has 2 nitrogen and oxygen atoms in total. The fourth-order valence-corrected chi connectivity index (χ4v) is 3.65. The molecule has 0 aliphatic heterocycles. The number of hydrogen-bond donors (Lipinski definition) is 1. The molecule has 1 N–H and O–H groups in total. The van der Waals surface area contributed by atoms with Crippen LogP contribution >= 0.6 is 69.6 Å². The topological polar surface area (TPSA) is 33.1 Å². The van der Waals surface area contributed by atoms with Crippen molar-refractivity contribution in [2.75, 3.05) is 0 Å². The standard InChI is InChI=1S/C18H9Cl6NO/c19-12-2-8(3-13(20)17(12)23)10-1-11(16(7-26)25-6-10)9-4-14(21)18(24)15(22)5-9/h1-6,26H,7H2. The Labute approximate surface area is 180 Å². The third kappa shape index (κ3) is 3.93. The summed E-state index contributed by atoms with van der Waals surface area (Å²) in [7, 11) is 0.